The van der Waals surface area contributed by atoms with Crippen molar-refractivity contribution < 1.29 is 14.3 Å². The predicted molar refractivity (Wildman–Crippen MR) is 82.8 cm³/mol. The van der Waals surface area contributed by atoms with Gasteiger partial charge in [0.1, 0.15) is 0 Å². The van der Waals surface area contributed by atoms with E-state index in [0.29, 0.717) is 29.5 Å². The van der Waals surface area contributed by atoms with E-state index in [4.69, 9.17) is 9.47 Å². The summed E-state index contributed by atoms with van der Waals surface area (Å²) in [4.78, 5) is 19.0. The van der Waals surface area contributed by atoms with Crippen LogP contribution in [0, 0.1) is 17.8 Å². The van der Waals surface area contributed by atoms with Crippen molar-refractivity contribution in [3.8, 4) is 0 Å². The van der Waals surface area contributed by atoms with E-state index in [1.165, 1.54) is 24.2 Å². The molecule has 2 amide bonds. The number of urea groups is 1. The molecule has 1 aliphatic heterocycles. The van der Waals surface area contributed by atoms with Crippen LogP contribution in [-0.2, 0) is 16.1 Å². The van der Waals surface area contributed by atoms with Gasteiger partial charge in [-0.15, -0.1) is 11.3 Å². The van der Waals surface area contributed by atoms with Crippen LogP contribution in [-0.4, -0.2) is 48.8 Å². The Morgan fingerprint density at radius 1 is 1.45 bits per heavy atom. The van der Waals surface area contributed by atoms with Gasteiger partial charge in [0, 0.05) is 26.1 Å². The van der Waals surface area contributed by atoms with Gasteiger partial charge in [-0.05, 0) is 30.6 Å². The van der Waals surface area contributed by atoms with Gasteiger partial charge in [0.2, 0.25) is 0 Å². The second-order valence-electron chi connectivity index (χ2n) is 6.51. The molecule has 5 atom stereocenters. The summed E-state index contributed by atoms with van der Waals surface area (Å²) in [5, 5.41) is 5.49. The molecule has 1 N–H and O–H groups in total. The number of nitrogens with one attached hydrogen (secondary N) is 1. The maximum atomic E-state index is 12.6. The number of likely N-dealkylation sites (tertiary alicyclic amines) is 1. The number of fused-ring (bicyclic) bond motifs is 1. The molecule has 6 nitrogen and oxygen atoms in total. The summed E-state index contributed by atoms with van der Waals surface area (Å²) >= 11 is 1.44. The number of ether oxygens (including phenoxy) is 2. The second-order valence-corrected chi connectivity index (χ2v) is 7.36. The topological polar surface area (TPSA) is 63.7 Å². The Kier molecular flexibility index (Phi) is 3.58. The molecule has 2 heterocycles. The van der Waals surface area contributed by atoms with E-state index in [1.807, 2.05) is 10.3 Å². The molecule has 5 unspecified atom stereocenters. The minimum Gasteiger partial charge on any atom is -0.379 e. The summed E-state index contributed by atoms with van der Waals surface area (Å²) in [6.45, 7) is 1.32. The minimum absolute atomic E-state index is 0.0413. The van der Waals surface area contributed by atoms with E-state index in [9.17, 15) is 4.79 Å². The van der Waals surface area contributed by atoms with Crippen LogP contribution in [0.1, 0.15) is 18.5 Å². The largest absolute Gasteiger partial charge is 0.379 e. The first-order valence-corrected chi connectivity index (χ1v) is 8.63. The fourth-order valence-corrected chi connectivity index (χ4v) is 5.38. The highest BCUT2D eigenvalue weighted by Crippen LogP contribution is 2.55. The zero-order chi connectivity index (χ0) is 15.3. The summed E-state index contributed by atoms with van der Waals surface area (Å²) in [5.74, 6) is 1.92. The highest BCUT2D eigenvalue weighted by Gasteiger charge is 2.60. The summed E-state index contributed by atoms with van der Waals surface area (Å²) in [5.41, 5.74) is 0.847. The maximum absolute atomic E-state index is 12.6. The highest BCUT2D eigenvalue weighted by molar-refractivity contribution is 7.13. The monoisotopic (exact) mass is 323 g/mol. The first kappa shape index (κ1) is 14.4. The molecule has 2 bridgehead atoms. The molecule has 120 valence electrons. The van der Waals surface area contributed by atoms with Gasteiger partial charge in [0.05, 0.1) is 24.4 Å². The SMILES string of the molecule is COCc1csc(NC(=O)N2CC3CC4CC3C2C4OC)n1. The van der Waals surface area contributed by atoms with Gasteiger partial charge in [-0.3, -0.25) is 5.32 Å². The fourth-order valence-electron chi connectivity index (χ4n) is 4.70. The van der Waals surface area contributed by atoms with Gasteiger partial charge in [-0.1, -0.05) is 0 Å². The van der Waals surface area contributed by atoms with Crippen LogP contribution in [0.25, 0.3) is 0 Å². The number of carbonyl (C=O) groups is 1. The lowest BCUT2D eigenvalue weighted by Gasteiger charge is -2.31. The Morgan fingerprint density at radius 2 is 2.32 bits per heavy atom. The molecule has 3 aliphatic rings. The molecule has 0 spiro atoms. The van der Waals surface area contributed by atoms with E-state index in [1.54, 1.807) is 14.2 Å². The molecule has 3 fully saturated rings. The van der Waals surface area contributed by atoms with Gasteiger partial charge >= 0.3 is 6.03 Å². The van der Waals surface area contributed by atoms with Crippen LogP contribution in [0.5, 0.6) is 0 Å². The van der Waals surface area contributed by atoms with Gasteiger partial charge in [-0.25, -0.2) is 9.78 Å². The average Bonchev–Trinajstić information content (AvgIpc) is 3.20. The third kappa shape index (κ3) is 2.14. The van der Waals surface area contributed by atoms with Crippen molar-refractivity contribution in [2.75, 3.05) is 26.1 Å². The molecule has 7 heteroatoms. The third-order valence-corrected chi connectivity index (χ3v) is 6.21. The van der Waals surface area contributed by atoms with Gasteiger partial charge < -0.3 is 14.4 Å². The smallest absolute Gasteiger partial charge is 0.324 e. The molecule has 0 radical (unpaired) electrons. The van der Waals surface area contributed by atoms with Crippen LogP contribution in [0.2, 0.25) is 0 Å². The molecule has 1 aromatic rings. The first-order valence-electron chi connectivity index (χ1n) is 7.75. The van der Waals surface area contributed by atoms with Crippen molar-refractivity contribution in [1.82, 2.24) is 9.88 Å². The van der Waals surface area contributed by atoms with E-state index in [-0.39, 0.29) is 18.2 Å². The zero-order valence-corrected chi connectivity index (χ0v) is 13.6. The average molecular weight is 323 g/mol. The molecular formula is C15H21N3O3S. The summed E-state index contributed by atoms with van der Waals surface area (Å²) < 4.78 is 10.7. The van der Waals surface area contributed by atoms with Crippen molar-refractivity contribution in [3.63, 3.8) is 0 Å². The van der Waals surface area contributed by atoms with Crippen molar-refractivity contribution >= 4 is 22.5 Å². The minimum atomic E-state index is -0.0413. The van der Waals surface area contributed by atoms with Crippen LogP contribution in [0.4, 0.5) is 9.93 Å². The van der Waals surface area contributed by atoms with Crippen LogP contribution in [0.3, 0.4) is 0 Å². The standard InChI is InChI=1S/C15H21N3O3S/c1-20-6-10-7-22-14(16-10)17-15(19)18-5-9-3-8-4-11(9)12(18)13(8)21-2/h7-9,11-13H,3-6H2,1-2H3,(H,16,17,19). The van der Waals surface area contributed by atoms with Crippen LogP contribution < -0.4 is 5.32 Å². The lowest BCUT2D eigenvalue weighted by molar-refractivity contribution is 0.0202. The number of hydrogen-bond donors (Lipinski definition) is 1. The van der Waals surface area contributed by atoms with Gasteiger partial charge in [0.25, 0.3) is 0 Å². The number of methoxy groups -OCH3 is 2. The summed E-state index contributed by atoms with van der Waals surface area (Å²) in [6.07, 6.45) is 2.63. The van der Waals surface area contributed by atoms with Crippen LogP contribution >= 0.6 is 11.3 Å². The highest BCUT2D eigenvalue weighted by atomic mass is 32.1. The van der Waals surface area contributed by atoms with Gasteiger partial charge in [-0.2, -0.15) is 0 Å². The number of rotatable bonds is 4. The number of hydrogen-bond acceptors (Lipinski definition) is 5. The van der Waals surface area contributed by atoms with Crippen LogP contribution in [0.15, 0.2) is 5.38 Å². The number of amides is 2. The maximum Gasteiger partial charge on any atom is 0.324 e. The normalized spacial score (nSPS) is 35.4. The van der Waals surface area contributed by atoms with E-state index in [0.717, 1.165) is 12.2 Å². The van der Waals surface area contributed by atoms with Crippen molar-refractivity contribution in [1.29, 1.82) is 0 Å². The third-order valence-electron chi connectivity index (χ3n) is 5.41. The molecule has 2 aliphatic carbocycles. The molecule has 4 rings (SSSR count). The quantitative estimate of drug-likeness (QED) is 0.922. The molecule has 22 heavy (non-hydrogen) atoms. The Hall–Kier alpha value is -1.18. The van der Waals surface area contributed by atoms with E-state index >= 15 is 0 Å². The fraction of sp³-hybridized carbons (Fsp3) is 0.733. The van der Waals surface area contributed by atoms with E-state index in [2.05, 4.69) is 10.3 Å². The van der Waals surface area contributed by atoms with Crippen molar-refractivity contribution in [3.05, 3.63) is 11.1 Å². The summed E-state index contributed by atoms with van der Waals surface area (Å²) in [7, 11) is 3.41. The van der Waals surface area contributed by atoms with Crippen molar-refractivity contribution in [2.24, 2.45) is 17.8 Å². The molecule has 2 saturated carbocycles. The number of nitrogens with zero attached hydrogens (tertiary/aromatic N) is 2. The second kappa shape index (κ2) is 5.47. The Bertz CT molecular complexity index is 576. The number of anilines is 1. The number of thiazole rings is 1. The molecular weight excluding hydrogens is 302 g/mol. The lowest BCUT2D eigenvalue weighted by atomic mass is 9.88. The number of aromatic nitrogens is 1. The Morgan fingerprint density at radius 3 is 3.09 bits per heavy atom. The molecule has 1 aromatic heterocycles. The predicted octanol–water partition coefficient (Wildman–Crippen LogP) is 2.18. The van der Waals surface area contributed by atoms with Gasteiger partial charge in [0.15, 0.2) is 5.13 Å². The first-order chi connectivity index (χ1) is 10.7. The number of carbonyl (C=O) groups excluding carboxylic acids is 1. The Balaban J connectivity index is 1.46. The molecule has 1 saturated heterocycles. The van der Waals surface area contributed by atoms with E-state index < -0.39 is 0 Å². The van der Waals surface area contributed by atoms with Crippen molar-refractivity contribution in [2.45, 2.75) is 31.6 Å². The lowest BCUT2D eigenvalue weighted by Crippen LogP contribution is -2.46. The summed E-state index contributed by atoms with van der Waals surface area (Å²) in [6, 6.07) is 0.201. The zero-order valence-electron chi connectivity index (χ0n) is 12.8. The Labute approximate surface area is 133 Å². The molecule has 0 aromatic carbocycles.